The van der Waals surface area contributed by atoms with Crippen LogP contribution in [0.25, 0.3) is 0 Å². The maximum absolute atomic E-state index is 11.3. The second kappa shape index (κ2) is 4.64. The maximum atomic E-state index is 11.3. The molecule has 1 heterocycles. The van der Waals surface area contributed by atoms with E-state index >= 15 is 0 Å². The van der Waals surface area contributed by atoms with E-state index in [0.29, 0.717) is 12.4 Å². The summed E-state index contributed by atoms with van der Waals surface area (Å²) in [5.74, 6) is 0.594. The van der Waals surface area contributed by atoms with Crippen molar-refractivity contribution < 1.29 is 4.79 Å². The largest absolute Gasteiger partial charge is 0.338 e. The predicted molar refractivity (Wildman–Crippen MR) is 55.4 cm³/mol. The van der Waals surface area contributed by atoms with Crippen molar-refractivity contribution in [1.82, 2.24) is 15.5 Å². The molecule has 0 bridgehead atoms. The van der Waals surface area contributed by atoms with E-state index in [1.54, 1.807) is 0 Å². The lowest BCUT2D eigenvalue weighted by atomic mass is 10.3. The van der Waals surface area contributed by atoms with Crippen molar-refractivity contribution in [3.05, 3.63) is 11.3 Å². The Morgan fingerprint density at radius 3 is 2.71 bits per heavy atom. The zero-order valence-corrected chi connectivity index (χ0v) is 8.77. The highest BCUT2D eigenvalue weighted by atomic mass is 16.2. The van der Waals surface area contributed by atoms with Crippen LogP contribution in [0.15, 0.2) is 0 Å². The van der Waals surface area contributed by atoms with Crippen molar-refractivity contribution in [2.75, 3.05) is 11.9 Å². The number of aryl methyl sites for hydroxylation is 1. The fraction of sp³-hybridized carbons (Fsp3) is 0.556. The van der Waals surface area contributed by atoms with Gasteiger partial charge in [0.15, 0.2) is 5.82 Å². The van der Waals surface area contributed by atoms with Crippen LogP contribution in [-0.2, 0) is 0 Å². The molecule has 3 N–H and O–H groups in total. The number of rotatable bonds is 3. The minimum atomic E-state index is -0.207. The van der Waals surface area contributed by atoms with Gasteiger partial charge in [-0.2, -0.15) is 5.10 Å². The van der Waals surface area contributed by atoms with Crippen LogP contribution in [-0.4, -0.2) is 22.8 Å². The minimum absolute atomic E-state index is 0.207. The molecule has 1 rings (SSSR count). The second-order valence-corrected chi connectivity index (χ2v) is 3.20. The Hall–Kier alpha value is -1.52. The van der Waals surface area contributed by atoms with Crippen molar-refractivity contribution in [3.63, 3.8) is 0 Å². The Bertz CT molecular complexity index is 319. The van der Waals surface area contributed by atoms with E-state index in [2.05, 4.69) is 20.8 Å². The van der Waals surface area contributed by atoms with Gasteiger partial charge in [0.25, 0.3) is 0 Å². The molecule has 0 fully saturated rings. The van der Waals surface area contributed by atoms with Gasteiger partial charge in [-0.3, -0.25) is 10.4 Å². The molecule has 1 aromatic heterocycles. The second-order valence-electron chi connectivity index (χ2n) is 3.20. The van der Waals surface area contributed by atoms with Crippen LogP contribution in [0.3, 0.4) is 0 Å². The molecule has 0 radical (unpaired) electrons. The van der Waals surface area contributed by atoms with E-state index in [0.717, 1.165) is 17.7 Å². The average Bonchev–Trinajstić information content (AvgIpc) is 2.46. The number of hydrogen-bond acceptors (Lipinski definition) is 2. The molecule has 0 aliphatic rings. The summed E-state index contributed by atoms with van der Waals surface area (Å²) in [4.78, 5) is 11.3. The lowest BCUT2D eigenvalue weighted by Gasteiger charge is -2.04. The normalized spacial score (nSPS) is 9.93. The molecule has 5 nitrogen and oxygen atoms in total. The molecule has 0 atom stereocenters. The molecule has 5 heteroatoms. The van der Waals surface area contributed by atoms with Crippen LogP contribution in [0.2, 0.25) is 0 Å². The number of aromatic amines is 1. The molecule has 0 unspecified atom stereocenters. The molecule has 1 aromatic rings. The number of amides is 2. The van der Waals surface area contributed by atoms with E-state index in [-0.39, 0.29) is 6.03 Å². The van der Waals surface area contributed by atoms with Crippen LogP contribution in [0.1, 0.15) is 24.6 Å². The number of carbonyl (C=O) groups excluding carboxylic acids is 1. The molecule has 0 aliphatic heterocycles. The summed E-state index contributed by atoms with van der Waals surface area (Å²) in [5.41, 5.74) is 1.94. The van der Waals surface area contributed by atoms with Gasteiger partial charge in [0, 0.05) is 17.8 Å². The van der Waals surface area contributed by atoms with E-state index in [9.17, 15) is 4.79 Å². The van der Waals surface area contributed by atoms with E-state index in [1.165, 1.54) is 0 Å². The standard InChI is InChI=1S/C9H16N4O/c1-4-5-10-9(14)11-8-6(2)7(3)12-13-8/h4-5H2,1-3H3,(H3,10,11,12,13,14). The first-order chi connectivity index (χ1) is 6.65. The summed E-state index contributed by atoms with van der Waals surface area (Å²) in [7, 11) is 0. The summed E-state index contributed by atoms with van der Waals surface area (Å²) < 4.78 is 0. The Labute approximate surface area is 83.3 Å². The zero-order valence-electron chi connectivity index (χ0n) is 8.77. The van der Waals surface area contributed by atoms with Crippen LogP contribution in [0, 0.1) is 13.8 Å². The fourth-order valence-corrected chi connectivity index (χ4v) is 0.997. The third-order valence-electron chi connectivity index (χ3n) is 2.02. The number of aromatic nitrogens is 2. The van der Waals surface area contributed by atoms with Gasteiger partial charge in [-0.15, -0.1) is 0 Å². The Morgan fingerprint density at radius 1 is 1.50 bits per heavy atom. The van der Waals surface area contributed by atoms with Gasteiger partial charge in [0.2, 0.25) is 0 Å². The third-order valence-corrected chi connectivity index (χ3v) is 2.02. The number of hydrogen-bond donors (Lipinski definition) is 3. The predicted octanol–water partition coefficient (Wildman–Crippen LogP) is 1.56. The SMILES string of the molecule is CCCNC(=O)Nc1n[nH]c(C)c1C. The molecule has 2 amide bonds. The molecule has 0 saturated carbocycles. The minimum Gasteiger partial charge on any atom is -0.338 e. The summed E-state index contributed by atoms with van der Waals surface area (Å²) >= 11 is 0. The van der Waals surface area contributed by atoms with Crippen LogP contribution >= 0.6 is 0 Å². The number of nitrogens with one attached hydrogen (secondary N) is 3. The molecule has 78 valence electrons. The Morgan fingerprint density at radius 2 is 2.21 bits per heavy atom. The molecule has 0 aliphatic carbocycles. The lowest BCUT2D eigenvalue weighted by molar-refractivity contribution is 0.252. The molecular formula is C9H16N4O. The van der Waals surface area contributed by atoms with Crippen LogP contribution < -0.4 is 10.6 Å². The van der Waals surface area contributed by atoms with E-state index in [1.807, 2.05) is 20.8 Å². The number of H-pyrrole nitrogens is 1. The Balaban J connectivity index is 2.52. The smallest absolute Gasteiger partial charge is 0.320 e. The number of urea groups is 1. The summed E-state index contributed by atoms with van der Waals surface area (Å²) in [6.45, 7) is 6.50. The van der Waals surface area contributed by atoms with Gasteiger partial charge in [-0.25, -0.2) is 4.79 Å². The zero-order chi connectivity index (χ0) is 10.6. The third kappa shape index (κ3) is 2.48. The molecule has 0 spiro atoms. The molecular weight excluding hydrogens is 180 g/mol. The first-order valence-corrected chi connectivity index (χ1v) is 4.71. The van der Waals surface area contributed by atoms with Crippen molar-refractivity contribution >= 4 is 11.8 Å². The van der Waals surface area contributed by atoms with Gasteiger partial charge >= 0.3 is 6.03 Å². The van der Waals surface area contributed by atoms with Crippen molar-refractivity contribution in [2.45, 2.75) is 27.2 Å². The molecule has 0 aromatic carbocycles. The fourth-order valence-electron chi connectivity index (χ4n) is 0.997. The monoisotopic (exact) mass is 196 g/mol. The molecule has 0 saturated heterocycles. The molecule has 14 heavy (non-hydrogen) atoms. The number of anilines is 1. The highest BCUT2D eigenvalue weighted by Gasteiger charge is 2.07. The highest BCUT2D eigenvalue weighted by Crippen LogP contribution is 2.12. The maximum Gasteiger partial charge on any atom is 0.320 e. The van der Waals surface area contributed by atoms with Crippen molar-refractivity contribution in [2.24, 2.45) is 0 Å². The van der Waals surface area contributed by atoms with Gasteiger partial charge in [-0.05, 0) is 20.3 Å². The number of nitrogens with zero attached hydrogens (tertiary/aromatic N) is 1. The van der Waals surface area contributed by atoms with E-state index in [4.69, 9.17) is 0 Å². The first-order valence-electron chi connectivity index (χ1n) is 4.71. The van der Waals surface area contributed by atoms with Crippen LogP contribution in [0.5, 0.6) is 0 Å². The summed E-state index contributed by atoms with van der Waals surface area (Å²) in [5, 5.41) is 12.2. The number of carbonyl (C=O) groups is 1. The summed E-state index contributed by atoms with van der Waals surface area (Å²) in [6.07, 6.45) is 0.923. The first kappa shape index (κ1) is 10.6. The Kier molecular flexibility index (Phi) is 3.50. The topological polar surface area (TPSA) is 69.8 Å². The van der Waals surface area contributed by atoms with Crippen molar-refractivity contribution in [3.8, 4) is 0 Å². The van der Waals surface area contributed by atoms with Gasteiger partial charge in [-0.1, -0.05) is 6.92 Å². The van der Waals surface area contributed by atoms with E-state index < -0.39 is 0 Å². The van der Waals surface area contributed by atoms with Gasteiger partial charge < -0.3 is 5.32 Å². The van der Waals surface area contributed by atoms with Crippen molar-refractivity contribution in [1.29, 1.82) is 0 Å². The van der Waals surface area contributed by atoms with Gasteiger partial charge in [0.05, 0.1) is 0 Å². The lowest BCUT2D eigenvalue weighted by Crippen LogP contribution is -2.29. The highest BCUT2D eigenvalue weighted by molar-refractivity contribution is 5.88. The summed E-state index contributed by atoms with van der Waals surface area (Å²) in [6, 6.07) is -0.207. The quantitative estimate of drug-likeness (QED) is 0.686. The average molecular weight is 196 g/mol. The van der Waals surface area contributed by atoms with Gasteiger partial charge in [0.1, 0.15) is 0 Å². The van der Waals surface area contributed by atoms with Crippen LogP contribution in [0.4, 0.5) is 10.6 Å².